The van der Waals surface area contributed by atoms with Gasteiger partial charge in [-0.15, -0.1) is 0 Å². The zero-order chi connectivity index (χ0) is 7.84. The number of rotatable bonds is 2. The summed E-state index contributed by atoms with van der Waals surface area (Å²) >= 11 is 0. The van der Waals surface area contributed by atoms with E-state index < -0.39 is 4.92 Å². The predicted octanol–water partition coefficient (Wildman–Crippen LogP) is 1.13. The summed E-state index contributed by atoms with van der Waals surface area (Å²) < 4.78 is 1.66. The van der Waals surface area contributed by atoms with Gasteiger partial charge in [-0.25, -0.2) is 0 Å². The van der Waals surface area contributed by atoms with Crippen LogP contribution in [0.2, 0.25) is 0 Å². The second-order valence-electron chi connectivity index (χ2n) is 2.67. The summed E-state index contributed by atoms with van der Waals surface area (Å²) in [6, 6.07) is 0.420. The lowest BCUT2D eigenvalue weighted by Gasteiger charge is -1.90. The van der Waals surface area contributed by atoms with E-state index in [1.165, 1.54) is 12.4 Å². The van der Waals surface area contributed by atoms with Crippen molar-refractivity contribution >= 4 is 5.69 Å². The molecular weight excluding hydrogens is 146 g/mol. The molecular formula is C6H7N3O2. The minimum atomic E-state index is -0.425. The summed E-state index contributed by atoms with van der Waals surface area (Å²) in [7, 11) is 0. The monoisotopic (exact) mass is 153 g/mol. The largest absolute Gasteiger partial charge is 0.307 e. The lowest BCUT2D eigenvalue weighted by Crippen LogP contribution is -1.92. The Labute approximate surface area is 62.8 Å². The molecule has 0 bridgehead atoms. The Hall–Kier alpha value is -1.39. The fourth-order valence-corrected chi connectivity index (χ4v) is 0.961. The van der Waals surface area contributed by atoms with Crippen molar-refractivity contribution < 1.29 is 4.92 Å². The van der Waals surface area contributed by atoms with Gasteiger partial charge in [-0.2, -0.15) is 5.10 Å². The number of nitrogens with zero attached hydrogens (tertiary/aromatic N) is 3. The van der Waals surface area contributed by atoms with E-state index in [9.17, 15) is 10.1 Å². The van der Waals surface area contributed by atoms with E-state index in [2.05, 4.69) is 5.10 Å². The molecule has 0 amide bonds. The summed E-state index contributed by atoms with van der Waals surface area (Å²) in [6.45, 7) is 0. The first-order chi connectivity index (χ1) is 5.27. The minimum Gasteiger partial charge on any atom is -0.263 e. The Morgan fingerprint density at radius 1 is 1.73 bits per heavy atom. The van der Waals surface area contributed by atoms with E-state index in [-0.39, 0.29) is 5.69 Å². The maximum Gasteiger partial charge on any atom is 0.307 e. The summed E-state index contributed by atoms with van der Waals surface area (Å²) in [5.41, 5.74) is 0.0805. The van der Waals surface area contributed by atoms with Gasteiger partial charge in [-0.3, -0.25) is 14.8 Å². The molecule has 2 rings (SSSR count). The molecule has 0 aliphatic heterocycles. The normalized spacial score (nSPS) is 16.7. The van der Waals surface area contributed by atoms with Crippen LogP contribution in [0.25, 0.3) is 0 Å². The average Bonchev–Trinajstić information content (AvgIpc) is 2.68. The molecule has 0 saturated heterocycles. The zero-order valence-corrected chi connectivity index (χ0v) is 5.80. The Bertz CT molecular complexity index is 290. The molecule has 1 aromatic rings. The second-order valence-corrected chi connectivity index (χ2v) is 2.67. The number of nitro groups is 1. The van der Waals surface area contributed by atoms with Gasteiger partial charge in [0.25, 0.3) is 0 Å². The molecule has 5 heteroatoms. The van der Waals surface area contributed by atoms with E-state index in [0.29, 0.717) is 6.04 Å². The summed E-state index contributed by atoms with van der Waals surface area (Å²) in [5, 5.41) is 14.1. The third-order valence-corrected chi connectivity index (χ3v) is 1.72. The molecule has 1 aliphatic carbocycles. The maximum absolute atomic E-state index is 10.2. The van der Waals surface area contributed by atoms with Crippen LogP contribution in [0.3, 0.4) is 0 Å². The van der Waals surface area contributed by atoms with Gasteiger partial charge in [-0.1, -0.05) is 0 Å². The fourth-order valence-electron chi connectivity index (χ4n) is 0.961. The van der Waals surface area contributed by atoms with Crippen LogP contribution in [0, 0.1) is 10.1 Å². The number of aromatic nitrogens is 2. The molecule has 1 aromatic heterocycles. The van der Waals surface area contributed by atoms with Crippen molar-refractivity contribution in [1.82, 2.24) is 9.78 Å². The van der Waals surface area contributed by atoms with Crippen LogP contribution in [0.15, 0.2) is 12.4 Å². The fraction of sp³-hybridized carbons (Fsp3) is 0.500. The molecule has 0 radical (unpaired) electrons. The van der Waals surface area contributed by atoms with Gasteiger partial charge in [0, 0.05) is 0 Å². The van der Waals surface area contributed by atoms with E-state index in [1.54, 1.807) is 4.68 Å². The predicted molar refractivity (Wildman–Crippen MR) is 37.2 cm³/mol. The van der Waals surface area contributed by atoms with Crippen LogP contribution in [-0.2, 0) is 0 Å². The van der Waals surface area contributed by atoms with Gasteiger partial charge in [-0.05, 0) is 12.8 Å². The smallest absolute Gasteiger partial charge is 0.263 e. The second kappa shape index (κ2) is 2.05. The van der Waals surface area contributed by atoms with Crippen molar-refractivity contribution in [2.75, 3.05) is 0 Å². The Balaban J connectivity index is 2.25. The van der Waals surface area contributed by atoms with Crippen LogP contribution in [-0.4, -0.2) is 14.7 Å². The Kier molecular flexibility index (Phi) is 1.18. The van der Waals surface area contributed by atoms with Crippen LogP contribution in [0.5, 0.6) is 0 Å². The average molecular weight is 153 g/mol. The Morgan fingerprint density at radius 3 is 2.91 bits per heavy atom. The van der Waals surface area contributed by atoms with E-state index in [1.807, 2.05) is 0 Å². The molecule has 1 heterocycles. The highest BCUT2D eigenvalue weighted by Crippen LogP contribution is 2.34. The molecule has 0 aromatic carbocycles. The first kappa shape index (κ1) is 6.33. The first-order valence-corrected chi connectivity index (χ1v) is 3.46. The van der Waals surface area contributed by atoms with Gasteiger partial charge >= 0.3 is 5.69 Å². The summed E-state index contributed by atoms with van der Waals surface area (Å²) in [6.07, 6.45) is 4.97. The standard InChI is InChI=1S/C6H7N3O2/c10-9(11)6-3-7-8(4-6)5-1-2-5/h3-5H,1-2H2. The van der Waals surface area contributed by atoms with Crippen LogP contribution in [0.1, 0.15) is 18.9 Å². The van der Waals surface area contributed by atoms with Crippen molar-refractivity contribution in [1.29, 1.82) is 0 Å². The lowest BCUT2D eigenvalue weighted by atomic mass is 10.6. The molecule has 1 aliphatic rings. The molecule has 5 nitrogen and oxygen atoms in total. The van der Waals surface area contributed by atoms with E-state index in [0.717, 1.165) is 12.8 Å². The van der Waals surface area contributed by atoms with Gasteiger partial charge < -0.3 is 0 Å². The maximum atomic E-state index is 10.2. The van der Waals surface area contributed by atoms with Gasteiger partial charge in [0.2, 0.25) is 0 Å². The van der Waals surface area contributed by atoms with Crippen molar-refractivity contribution in [2.24, 2.45) is 0 Å². The minimum absolute atomic E-state index is 0.0805. The molecule has 0 spiro atoms. The molecule has 11 heavy (non-hydrogen) atoms. The van der Waals surface area contributed by atoms with Crippen molar-refractivity contribution in [3.63, 3.8) is 0 Å². The van der Waals surface area contributed by atoms with Crippen molar-refractivity contribution in [3.8, 4) is 0 Å². The highest BCUT2D eigenvalue weighted by molar-refractivity contribution is 5.21. The molecule has 1 saturated carbocycles. The third kappa shape index (κ3) is 1.09. The third-order valence-electron chi connectivity index (χ3n) is 1.72. The quantitative estimate of drug-likeness (QED) is 0.472. The van der Waals surface area contributed by atoms with Crippen molar-refractivity contribution in [2.45, 2.75) is 18.9 Å². The van der Waals surface area contributed by atoms with Gasteiger partial charge in [0.15, 0.2) is 0 Å². The highest BCUT2D eigenvalue weighted by Gasteiger charge is 2.25. The molecule has 58 valence electrons. The lowest BCUT2D eigenvalue weighted by molar-refractivity contribution is -0.385. The van der Waals surface area contributed by atoms with Crippen molar-refractivity contribution in [3.05, 3.63) is 22.5 Å². The van der Waals surface area contributed by atoms with E-state index in [4.69, 9.17) is 0 Å². The summed E-state index contributed by atoms with van der Waals surface area (Å²) in [4.78, 5) is 9.78. The summed E-state index contributed by atoms with van der Waals surface area (Å²) in [5.74, 6) is 0. The van der Waals surface area contributed by atoms with Crippen LogP contribution >= 0.6 is 0 Å². The molecule has 0 unspecified atom stereocenters. The van der Waals surface area contributed by atoms with Crippen LogP contribution < -0.4 is 0 Å². The van der Waals surface area contributed by atoms with E-state index >= 15 is 0 Å². The molecule has 0 N–H and O–H groups in total. The SMILES string of the molecule is O=[N+]([O-])c1cnn(C2CC2)c1. The van der Waals surface area contributed by atoms with Gasteiger partial charge in [0.05, 0.1) is 11.0 Å². The van der Waals surface area contributed by atoms with Gasteiger partial charge in [0.1, 0.15) is 12.4 Å². The van der Waals surface area contributed by atoms with Crippen LogP contribution in [0.4, 0.5) is 5.69 Å². The number of hydrogen-bond donors (Lipinski definition) is 0. The first-order valence-electron chi connectivity index (χ1n) is 3.46. The highest BCUT2D eigenvalue weighted by atomic mass is 16.6. The molecule has 1 fully saturated rings. The Morgan fingerprint density at radius 2 is 2.45 bits per heavy atom. The zero-order valence-electron chi connectivity index (χ0n) is 5.80. The number of hydrogen-bond acceptors (Lipinski definition) is 3. The topological polar surface area (TPSA) is 61.0 Å². The molecule has 0 atom stereocenters.